The fourth-order valence-corrected chi connectivity index (χ4v) is 4.88. The van der Waals surface area contributed by atoms with Crippen LogP contribution in [0.1, 0.15) is 0 Å². The number of anilines is 2. The molecule has 0 bridgehead atoms. The van der Waals surface area contributed by atoms with Gasteiger partial charge in [0.1, 0.15) is 5.82 Å². The van der Waals surface area contributed by atoms with Crippen molar-refractivity contribution in [2.75, 3.05) is 42.9 Å². The first-order chi connectivity index (χ1) is 15.7. The predicted octanol–water partition coefficient (Wildman–Crippen LogP) is 4.86. The number of amides is 1. The highest BCUT2D eigenvalue weighted by Crippen LogP contribution is 2.28. The summed E-state index contributed by atoms with van der Waals surface area (Å²) in [6, 6.07) is 20.4. The third-order valence-electron chi connectivity index (χ3n) is 5.71. The molecule has 2 heterocycles. The summed E-state index contributed by atoms with van der Waals surface area (Å²) in [6.07, 6.45) is 0. The third kappa shape index (κ3) is 4.49. The maximum absolute atomic E-state index is 13.2. The first-order valence-corrected chi connectivity index (χ1v) is 11.5. The van der Waals surface area contributed by atoms with Gasteiger partial charge in [-0.25, -0.2) is 9.37 Å². The van der Waals surface area contributed by atoms with Gasteiger partial charge in [-0.05, 0) is 35.7 Å². The van der Waals surface area contributed by atoms with Crippen LogP contribution in [0.25, 0.3) is 22.0 Å². The van der Waals surface area contributed by atoms with Crippen molar-refractivity contribution in [3.8, 4) is 11.3 Å². The molecule has 1 amide bonds. The Hall–Kier alpha value is -3.29. The highest BCUT2D eigenvalue weighted by molar-refractivity contribution is 7.14. The molecule has 1 aliphatic rings. The number of hydrogen-bond acceptors (Lipinski definition) is 5. The van der Waals surface area contributed by atoms with Crippen molar-refractivity contribution < 1.29 is 9.18 Å². The number of rotatable bonds is 5. The molecule has 1 saturated heterocycles. The predicted molar refractivity (Wildman–Crippen MR) is 129 cm³/mol. The molecule has 1 N–H and O–H groups in total. The maximum Gasteiger partial charge on any atom is 0.238 e. The lowest BCUT2D eigenvalue weighted by molar-refractivity contribution is -0.117. The van der Waals surface area contributed by atoms with Gasteiger partial charge in [0.15, 0.2) is 5.13 Å². The Bertz CT molecular complexity index is 1230. The Morgan fingerprint density at radius 2 is 1.72 bits per heavy atom. The van der Waals surface area contributed by atoms with E-state index in [4.69, 9.17) is 4.98 Å². The van der Waals surface area contributed by atoms with Crippen molar-refractivity contribution in [1.82, 2.24) is 9.88 Å². The van der Waals surface area contributed by atoms with Crippen LogP contribution in [-0.4, -0.2) is 48.5 Å². The van der Waals surface area contributed by atoms with E-state index in [0.717, 1.165) is 59.0 Å². The summed E-state index contributed by atoms with van der Waals surface area (Å²) in [6.45, 7) is 3.61. The van der Waals surface area contributed by atoms with Crippen molar-refractivity contribution in [1.29, 1.82) is 0 Å². The first kappa shape index (κ1) is 20.6. The van der Waals surface area contributed by atoms with Crippen molar-refractivity contribution in [2.45, 2.75) is 0 Å². The highest BCUT2D eigenvalue weighted by atomic mass is 32.1. The van der Waals surface area contributed by atoms with Gasteiger partial charge in [-0.15, -0.1) is 11.3 Å². The van der Waals surface area contributed by atoms with Crippen LogP contribution >= 0.6 is 11.3 Å². The molecule has 4 aromatic rings. The number of carbonyl (C=O) groups excluding carboxylic acids is 1. The minimum Gasteiger partial charge on any atom is -0.346 e. The second-order valence-corrected chi connectivity index (χ2v) is 8.70. The number of thiazole rings is 1. The molecular weight excluding hydrogens is 423 g/mol. The van der Waals surface area contributed by atoms with E-state index in [0.29, 0.717) is 6.54 Å². The maximum atomic E-state index is 13.2. The molecule has 32 heavy (non-hydrogen) atoms. The van der Waals surface area contributed by atoms with Gasteiger partial charge >= 0.3 is 0 Å². The van der Waals surface area contributed by atoms with Crippen LogP contribution in [0, 0.1) is 5.82 Å². The standard InChI is InChI=1S/C25H23FN4OS/c26-20-10-8-19(9-11-20)23-17-32-25(28-23)30-14-12-29(13-15-30)16-24(31)27-22-7-3-5-18-4-1-2-6-21(18)22/h1-11,17H,12-16H2,(H,27,31). The molecule has 1 aromatic heterocycles. The average molecular weight is 447 g/mol. The fraction of sp³-hybridized carbons (Fsp3) is 0.200. The quantitative estimate of drug-likeness (QED) is 0.476. The van der Waals surface area contributed by atoms with Crippen molar-refractivity contribution in [2.24, 2.45) is 0 Å². The molecule has 5 rings (SSSR count). The summed E-state index contributed by atoms with van der Waals surface area (Å²) in [5.74, 6) is -0.243. The lowest BCUT2D eigenvalue weighted by atomic mass is 10.1. The van der Waals surface area contributed by atoms with E-state index in [2.05, 4.69) is 15.1 Å². The molecule has 0 spiro atoms. The van der Waals surface area contributed by atoms with Crippen LogP contribution in [0.3, 0.4) is 0 Å². The van der Waals surface area contributed by atoms with Crippen LogP contribution in [0.5, 0.6) is 0 Å². The number of aromatic nitrogens is 1. The van der Waals surface area contributed by atoms with Crippen LogP contribution < -0.4 is 10.2 Å². The summed E-state index contributed by atoms with van der Waals surface area (Å²) in [5.41, 5.74) is 2.63. The number of carbonyl (C=O) groups is 1. The average Bonchev–Trinajstić information content (AvgIpc) is 3.31. The van der Waals surface area contributed by atoms with E-state index >= 15 is 0 Å². The molecule has 162 valence electrons. The Kier molecular flexibility index (Phi) is 5.83. The highest BCUT2D eigenvalue weighted by Gasteiger charge is 2.21. The molecule has 0 unspecified atom stereocenters. The van der Waals surface area contributed by atoms with Crippen molar-refractivity contribution >= 4 is 38.8 Å². The van der Waals surface area contributed by atoms with Gasteiger partial charge in [-0.2, -0.15) is 0 Å². The topological polar surface area (TPSA) is 48.5 Å². The van der Waals surface area contributed by atoms with E-state index in [9.17, 15) is 9.18 Å². The Morgan fingerprint density at radius 3 is 2.53 bits per heavy atom. The van der Waals surface area contributed by atoms with Crippen LogP contribution in [0.15, 0.2) is 72.1 Å². The van der Waals surface area contributed by atoms with E-state index in [1.807, 2.05) is 47.8 Å². The zero-order valence-corrected chi connectivity index (χ0v) is 18.3. The van der Waals surface area contributed by atoms with Gasteiger partial charge in [-0.3, -0.25) is 9.69 Å². The molecule has 1 aliphatic heterocycles. The minimum atomic E-state index is -0.246. The Morgan fingerprint density at radius 1 is 0.969 bits per heavy atom. The summed E-state index contributed by atoms with van der Waals surface area (Å²) in [5, 5.41) is 8.20. The first-order valence-electron chi connectivity index (χ1n) is 10.6. The van der Waals surface area contributed by atoms with Crippen LogP contribution in [0.4, 0.5) is 15.2 Å². The minimum absolute atomic E-state index is 0.00245. The number of nitrogens with one attached hydrogen (secondary N) is 1. The van der Waals surface area contributed by atoms with Gasteiger partial charge in [0.2, 0.25) is 5.91 Å². The zero-order valence-electron chi connectivity index (χ0n) is 17.5. The number of hydrogen-bond donors (Lipinski definition) is 1. The van der Waals surface area contributed by atoms with Gasteiger partial charge in [0.05, 0.1) is 12.2 Å². The smallest absolute Gasteiger partial charge is 0.238 e. The van der Waals surface area contributed by atoms with Gasteiger partial charge in [-0.1, -0.05) is 36.4 Å². The van der Waals surface area contributed by atoms with Gasteiger partial charge in [0.25, 0.3) is 0 Å². The second-order valence-electron chi connectivity index (χ2n) is 7.86. The molecule has 0 saturated carbocycles. The lowest BCUT2D eigenvalue weighted by Gasteiger charge is -2.34. The normalized spacial score (nSPS) is 14.6. The van der Waals surface area contributed by atoms with E-state index < -0.39 is 0 Å². The molecule has 0 atom stereocenters. The molecule has 1 fully saturated rings. The largest absolute Gasteiger partial charge is 0.346 e. The van der Waals surface area contributed by atoms with Crippen molar-refractivity contribution in [3.05, 3.63) is 77.9 Å². The van der Waals surface area contributed by atoms with E-state index in [-0.39, 0.29) is 11.7 Å². The number of fused-ring (bicyclic) bond motifs is 1. The number of nitrogens with zero attached hydrogens (tertiary/aromatic N) is 3. The molecule has 0 radical (unpaired) electrons. The molecule has 7 heteroatoms. The number of halogens is 1. The van der Waals surface area contributed by atoms with Gasteiger partial charge < -0.3 is 10.2 Å². The summed E-state index contributed by atoms with van der Waals surface area (Å²) < 4.78 is 13.2. The lowest BCUT2D eigenvalue weighted by Crippen LogP contribution is -2.48. The van der Waals surface area contributed by atoms with E-state index in [1.165, 1.54) is 12.1 Å². The molecule has 0 aliphatic carbocycles. The Balaban J connectivity index is 1.16. The molecule has 3 aromatic carbocycles. The second kappa shape index (κ2) is 9.06. The number of benzene rings is 3. The fourth-order valence-electron chi connectivity index (χ4n) is 3.99. The third-order valence-corrected chi connectivity index (χ3v) is 6.61. The summed E-state index contributed by atoms with van der Waals surface area (Å²) in [4.78, 5) is 21.8. The molecule has 5 nitrogen and oxygen atoms in total. The van der Waals surface area contributed by atoms with Crippen molar-refractivity contribution in [3.63, 3.8) is 0 Å². The summed E-state index contributed by atoms with van der Waals surface area (Å²) >= 11 is 1.60. The summed E-state index contributed by atoms with van der Waals surface area (Å²) in [7, 11) is 0. The van der Waals surface area contributed by atoms with Crippen LogP contribution in [0.2, 0.25) is 0 Å². The SMILES string of the molecule is O=C(CN1CCN(c2nc(-c3ccc(F)cc3)cs2)CC1)Nc1cccc2ccccc12. The van der Waals surface area contributed by atoms with Crippen LogP contribution in [-0.2, 0) is 4.79 Å². The number of piperazine rings is 1. The Labute approximate surface area is 190 Å². The van der Waals surface area contributed by atoms with Gasteiger partial charge in [0, 0.05) is 48.2 Å². The molecular formula is C25H23FN4OS. The monoisotopic (exact) mass is 446 g/mol. The van der Waals surface area contributed by atoms with E-state index in [1.54, 1.807) is 23.5 Å². The zero-order chi connectivity index (χ0) is 21.9.